The summed E-state index contributed by atoms with van der Waals surface area (Å²) in [4.78, 5) is 0. The van der Waals surface area contributed by atoms with Gasteiger partial charge in [-0.05, 0) is 44.6 Å². The largest absolute Gasteiger partial charge is 0.330 e. The van der Waals surface area contributed by atoms with E-state index in [0.29, 0.717) is 0 Å². The summed E-state index contributed by atoms with van der Waals surface area (Å²) in [5.74, 6) is 0.821. The molecule has 0 aromatic rings. The van der Waals surface area contributed by atoms with Crippen molar-refractivity contribution in [3.05, 3.63) is 0 Å². The van der Waals surface area contributed by atoms with Crippen LogP contribution in [0.3, 0.4) is 0 Å². The van der Waals surface area contributed by atoms with Gasteiger partial charge in [0.25, 0.3) is 0 Å². The Labute approximate surface area is 94.8 Å². The van der Waals surface area contributed by atoms with Crippen LogP contribution in [0.2, 0.25) is 0 Å². The quantitative estimate of drug-likeness (QED) is 0.682. The Kier molecular flexibility index (Phi) is 5.62. The van der Waals surface area contributed by atoms with E-state index in [1.807, 2.05) is 0 Å². The van der Waals surface area contributed by atoms with Crippen molar-refractivity contribution in [2.45, 2.75) is 70.3 Å². The number of hydrogen-bond acceptors (Lipinski definition) is 2. The minimum Gasteiger partial charge on any atom is -0.330 e. The zero-order valence-electron chi connectivity index (χ0n) is 10.3. The average Bonchev–Trinajstić information content (AvgIpc) is 2.62. The molecule has 1 saturated carbocycles. The molecule has 2 nitrogen and oxygen atoms in total. The smallest absolute Gasteiger partial charge is 0.0157 e. The molecule has 4 N–H and O–H groups in total. The van der Waals surface area contributed by atoms with Gasteiger partial charge in [-0.1, -0.05) is 32.6 Å². The standard InChI is InChI=1S/C13H28N2/c1-2-6-12(7-5-10-14)11-13(15)8-3-4-9-13/h12H,2-11,14-15H2,1H3. The van der Waals surface area contributed by atoms with Gasteiger partial charge in [0.15, 0.2) is 0 Å². The first kappa shape index (κ1) is 13.0. The second kappa shape index (κ2) is 6.49. The first-order valence-corrected chi connectivity index (χ1v) is 6.69. The summed E-state index contributed by atoms with van der Waals surface area (Å²) >= 11 is 0. The van der Waals surface area contributed by atoms with Gasteiger partial charge in [0.05, 0.1) is 0 Å². The summed E-state index contributed by atoms with van der Waals surface area (Å²) in [6.45, 7) is 3.10. The molecule has 2 heteroatoms. The Balaban J connectivity index is 2.34. The predicted molar refractivity (Wildman–Crippen MR) is 66.7 cm³/mol. The van der Waals surface area contributed by atoms with Crippen molar-refractivity contribution in [1.82, 2.24) is 0 Å². The maximum absolute atomic E-state index is 6.43. The lowest BCUT2D eigenvalue weighted by molar-refractivity contribution is 0.290. The highest BCUT2D eigenvalue weighted by molar-refractivity contribution is 4.90. The maximum Gasteiger partial charge on any atom is 0.0157 e. The fourth-order valence-electron chi connectivity index (χ4n) is 3.02. The Morgan fingerprint density at radius 1 is 1.20 bits per heavy atom. The molecular weight excluding hydrogens is 184 g/mol. The third-order valence-electron chi connectivity index (χ3n) is 3.81. The molecule has 0 bridgehead atoms. The van der Waals surface area contributed by atoms with Crippen molar-refractivity contribution >= 4 is 0 Å². The fourth-order valence-corrected chi connectivity index (χ4v) is 3.02. The van der Waals surface area contributed by atoms with Crippen LogP contribution in [0, 0.1) is 5.92 Å². The Bertz CT molecular complexity index is 162. The van der Waals surface area contributed by atoms with Gasteiger partial charge in [-0.15, -0.1) is 0 Å². The first-order valence-electron chi connectivity index (χ1n) is 6.69. The third kappa shape index (κ3) is 4.52. The van der Waals surface area contributed by atoms with E-state index in [0.717, 1.165) is 12.5 Å². The SMILES string of the molecule is CCCC(CCCN)CC1(N)CCCC1. The average molecular weight is 212 g/mol. The normalized spacial score (nSPS) is 21.8. The van der Waals surface area contributed by atoms with Gasteiger partial charge in [0.2, 0.25) is 0 Å². The molecule has 1 aliphatic rings. The van der Waals surface area contributed by atoms with E-state index in [2.05, 4.69) is 6.92 Å². The van der Waals surface area contributed by atoms with Crippen molar-refractivity contribution in [1.29, 1.82) is 0 Å². The van der Waals surface area contributed by atoms with Crippen LogP contribution in [0.5, 0.6) is 0 Å². The summed E-state index contributed by atoms with van der Waals surface area (Å²) in [7, 11) is 0. The van der Waals surface area contributed by atoms with Crippen molar-refractivity contribution in [2.75, 3.05) is 6.54 Å². The molecule has 1 rings (SSSR count). The van der Waals surface area contributed by atoms with Crippen LogP contribution in [0.1, 0.15) is 64.7 Å². The molecule has 15 heavy (non-hydrogen) atoms. The van der Waals surface area contributed by atoms with Crippen LogP contribution >= 0.6 is 0 Å². The second-order valence-corrected chi connectivity index (χ2v) is 5.36. The van der Waals surface area contributed by atoms with E-state index in [1.165, 1.54) is 57.8 Å². The van der Waals surface area contributed by atoms with E-state index < -0.39 is 0 Å². The molecule has 0 amide bonds. The first-order chi connectivity index (χ1) is 7.20. The topological polar surface area (TPSA) is 52.0 Å². The molecule has 0 spiro atoms. The molecule has 1 aliphatic carbocycles. The highest BCUT2D eigenvalue weighted by Crippen LogP contribution is 2.35. The summed E-state index contributed by atoms with van der Waals surface area (Å²) < 4.78 is 0. The van der Waals surface area contributed by atoms with Crippen LogP contribution < -0.4 is 11.5 Å². The van der Waals surface area contributed by atoms with E-state index in [4.69, 9.17) is 11.5 Å². The maximum atomic E-state index is 6.43. The fraction of sp³-hybridized carbons (Fsp3) is 1.00. The van der Waals surface area contributed by atoms with E-state index in [-0.39, 0.29) is 5.54 Å². The van der Waals surface area contributed by atoms with Gasteiger partial charge < -0.3 is 11.5 Å². The van der Waals surface area contributed by atoms with Gasteiger partial charge in [0.1, 0.15) is 0 Å². The zero-order valence-corrected chi connectivity index (χ0v) is 10.3. The highest BCUT2D eigenvalue weighted by Gasteiger charge is 2.31. The molecule has 1 unspecified atom stereocenters. The molecule has 90 valence electrons. The van der Waals surface area contributed by atoms with Gasteiger partial charge in [-0.2, -0.15) is 0 Å². The zero-order chi connectivity index (χ0) is 11.1. The lowest BCUT2D eigenvalue weighted by Crippen LogP contribution is -2.38. The van der Waals surface area contributed by atoms with Crippen LogP contribution in [0.15, 0.2) is 0 Å². The monoisotopic (exact) mass is 212 g/mol. The number of rotatable bonds is 7. The molecule has 0 heterocycles. The van der Waals surface area contributed by atoms with Crippen LogP contribution in [-0.4, -0.2) is 12.1 Å². The number of hydrogen-bond donors (Lipinski definition) is 2. The van der Waals surface area contributed by atoms with Gasteiger partial charge in [-0.3, -0.25) is 0 Å². The minimum absolute atomic E-state index is 0.175. The van der Waals surface area contributed by atoms with E-state index >= 15 is 0 Å². The van der Waals surface area contributed by atoms with Crippen molar-refractivity contribution in [2.24, 2.45) is 17.4 Å². The van der Waals surface area contributed by atoms with Crippen LogP contribution in [0.4, 0.5) is 0 Å². The van der Waals surface area contributed by atoms with E-state index in [9.17, 15) is 0 Å². The molecule has 0 aromatic heterocycles. The van der Waals surface area contributed by atoms with Gasteiger partial charge in [0, 0.05) is 5.54 Å². The second-order valence-electron chi connectivity index (χ2n) is 5.36. The summed E-state index contributed by atoms with van der Waals surface area (Å²) in [5.41, 5.74) is 12.2. The summed E-state index contributed by atoms with van der Waals surface area (Å²) in [5, 5.41) is 0. The Morgan fingerprint density at radius 3 is 2.40 bits per heavy atom. The van der Waals surface area contributed by atoms with Crippen molar-refractivity contribution in [3.63, 3.8) is 0 Å². The third-order valence-corrected chi connectivity index (χ3v) is 3.81. The molecule has 1 fully saturated rings. The van der Waals surface area contributed by atoms with Crippen LogP contribution in [-0.2, 0) is 0 Å². The minimum atomic E-state index is 0.175. The van der Waals surface area contributed by atoms with Gasteiger partial charge in [-0.25, -0.2) is 0 Å². The van der Waals surface area contributed by atoms with Crippen LogP contribution in [0.25, 0.3) is 0 Å². The van der Waals surface area contributed by atoms with Gasteiger partial charge >= 0.3 is 0 Å². The number of nitrogens with two attached hydrogens (primary N) is 2. The molecule has 0 aliphatic heterocycles. The summed E-state index contributed by atoms with van der Waals surface area (Å²) in [6.07, 6.45) is 11.5. The lowest BCUT2D eigenvalue weighted by atomic mass is 9.82. The van der Waals surface area contributed by atoms with Crippen molar-refractivity contribution < 1.29 is 0 Å². The highest BCUT2D eigenvalue weighted by atomic mass is 14.7. The van der Waals surface area contributed by atoms with Crippen molar-refractivity contribution in [3.8, 4) is 0 Å². The van der Waals surface area contributed by atoms with E-state index in [1.54, 1.807) is 0 Å². The Morgan fingerprint density at radius 2 is 1.87 bits per heavy atom. The predicted octanol–water partition coefficient (Wildman–Crippen LogP) is 2.80. The molecule has 0 saturated heterocycles. The molecular formula is C13H28N2. The Hall–Kier alpha value is -0.0800. The lowest BCUT2D eigenvalue weighted by Gasteiger charge is -2.29. The molecule has 1 atom stereocenters. The molecule has 0 aromatic carbocycles. The molecule has 0 radical (unpaired) electrons. The summed E-state index contributed by atoms with van der Waals surface area (Å²) in [6, 6.07) is 0.